The summed E-state index contributed by atoms with van der Waals surface area (Å²) in [5.41, 5.74) is -0.516. The molecule has 3 N–H and O–H groups in total. The van der Waals surface area contributed by atoms with Gasteiger partial charge in [0.15, 0.2) is 5.82 Å². The molecule has 0 saturated heterocycles. The first-order chi connectivity index (χ1) is 21.3. The van der Waals surface area contributed by atoms with Crippen molar-refractivity contribution >= 4 is 27.7 Å². The number of nitrogens with two attached hydrogens (primary N) is 1. The SMILES string of the molecule is COCC(=O)N(c1cnc(-c2cnn(C)c2)cn1)C1CCC(Nc2ncc(C(F)(F)F)c(-c3cncc(S(N)(=O)=O)c3)n2)CC1. The number of sulfonamides is 1. The minimum absolute atomic E-state index is 0.0772. The number of hydrogen-bond acceptors (Lipinski definition) is 11. The maximum Gasteiger partial charge on any atom is 0.419 e. The Bertz CT molecular complexity index is 1780. The molecular formula is C27H29F3N10O4S. The number of alkyl halides is 3. The lowest BCUT2D eigenvalue weighted by Gasteiger charge is -2.36. The van der Waals surface area contributed by atoms with Gasteiger partial charge in [0, 0.05) is 62.2 Å². The molecule has 1 aliphatic rings. The fourth-order valence-corrected chi connectivity index (χ4v) is 5.60. The minimum Gasteiger partial charge on any atom is -0.375 e. The number of primary sulfonamides is 1. The number of anilines is 2. The Morgan fingerprint density at radius 1 is 1.07 bits per heavy atom. The maximum absolute atomic E-state index is 13.8. The summed E-state index contributed by atoms with van der Waals surface area (Å²) >= 11 is 0. The summed E-state index contributed by atoms with van der Waals surface area (Å²) in [6, 6.07) is 0.519. The van der Waals surface area contributed by atoms with Gasteiger partial charge in [0.25, 0.3) is 5.91 Å². The van der Waals surface area contributed by atoms with Gasteiger partial charge in [0.05, 0.1) is 30.0 Å². The molecular weight excluding hydrogens is 617 g/mol. The van der Waals surface area contributed by atoms with Gasteiger partial charge >= 0.3 is 6.18 Å². The molecule has 0 atom stereocenters. The predicted octanol–water partition coefficient (Wildman–Crippen LogP) is 2.80. The number of pyridine rings is 1. The van der Waals surface area contributed by atoms with Crippen molar-refractivity contribution in [3.8, 4) is 22.5 Å². The van der Waals surface area contributed by atoms with Crippen molar-refractivity contribution < 1.29 is 31.1 Å². The van der Waals surface area contributed by atoms with Crippen LogP contribution in [0.15, 0.2) is 54.3 Å². The zero-order chi connectivity index (χ0) is 32.4. The van der Waals surface area contributed by atoms with E-state index in [1.165, 1.54) is 13.3 Å². The second-order valence-corrected chi connectivity index (χ2v) is 12.0. The van der Waals surface area contributed by atoms with Crippen LogP contribution in [0.5, 0.6) is 0 Å². The van der Waals surface area contributed by atoms with Gasteiger partial charge in [-0.15, -0.1) is 0 Å². The summed E-state index contributed by atoms with van der Waals surface area (Å²) in [6.45, 7) is -0.159. The molecule has 1 fully saturated rings. The molecule has 0 aromatic carbocycles. The lowest BCUT2D eigenvalue weighted by Crippen LogP contribution is -2.46. The van der Waals surface area contributed by atoms with Crippen LogP contribution in [0, 0.1) is 0 Å². The zero-order valence-corrected chi connectivity index (χ0v) is 25.0. The Balaban J connectivity index is 1.33. The smallest absolute Gasteiger partial charge is 0.375 e. The molecule has 45 heavy (non-hydrogen) atoms. The highest BCUT2D eigenvalue weighted by atomic mass is 32.2. The van der Waals surface area contributed by atoms with Crippen LogP contribution in [-0.2, 0) is 32.8 Å². The van der Waals surface area contributed by atoms with Crippen LogP contribution in [0.4, 0.5) is 24.9 Å². The third-order valence-electron chi connectivity index (χ3n) is 7.23. The first-order valence-corrected chi connectivity index (χ1v) is 15.2. The normalized spacial score (nSPS) is 17.2. The highest BCUT2D eigenvalue weighted by molar-refractivity contribution is 7.89. The van der Waals surface area contributed by atoms with E-state index in [1.54, 1.807) is 35.2 Å². The molecule has 1 aliphatic carbocycles. The molecule has 4 aromatic heterocycles. The van der Waals surface area contributed by atoms with Gasteiger partial charge in [0.1, 0.15) is 17.1 Å². The fraction of sp³-hybridized carbons (Fsp3) is 0.370. The van der Waals surface area contributed by atoms with E-state index in [0.29, 0.717) is 43.4 Å². The standard InChI is InChI=1S/C27H29F3N10O4S/c1-39-14-17(9-36-39)22-12-34-23(13-33-22)40(24(41)15-44-2)19-5-3-18(4-6-19)37-26-35-11-21(27(28,29)30)25(38-26)16-7-20(10-32-8-16)45(31,42)43/h7-14,18-19H,3-6,15H2,1-2H3,(H2,31,42,43)(H,35,37,38). The summed E-state index contributed by atoms with van der Waals surface area (Å²) in [5.74, 6) is 0.00200. The Kier molecular flexibility index (Phi) is 9.08. The maximum atomic E-state index is 13.8. The number of ether oxygens (including phenoxy) is 1. The molecule has 1 saturated carbocycles. The third kappa shape index (κ3) is 7.40. The van der Waals surface area contributed by atoms with Gasteiger partial charge in [-0.25, -0.2) is 28.5 Å². The number of nitrogens with one attached hydrogen (secondary N) is 1. The molecule has 4 aromatic rings. The van der Waals surface area contributed by atoms with Crippen molar-refractivity contribution in [1.82, 2.24) is 34.7 Å². The highest BCUT2D eigenvalue weighted by Gasteiger charge is 2.36. The van der Waals surface area contributed by atoms with Crippen LogP contribution in [0.2, 0.25) is 0 Å². The van der Waals surface area contributed by atoms with Gasteiger partial charge in [0.2, 0.25) is 16.0 Å². The van der Waals surface area contributed by atoms with Gasteiger partial charge in [-0.3, -0.25) is 24.3 Å². The number of aryl methyl sites for hydroxylation is 1. The Morgan fingerprint density at radius 3 is 2.42 bits per heavy atom. The van der Waals surface area contributed by atoms with Crippen molar-refractivity contribution in [2.75, 3.05) is 23.9 Å². The van der Waals surface area contributed by atoms with E-state index in [4.69, 9.17) is 9.88 Å². The highest BCUT2D eigenvalue weighted by Crippen LogP contribution is 2.37. The number of amides is 1. The van der Waals surface area contributed by atoms with Crippen LogP contribution in [0.1, 0.15) is 31.2 Å². The Labute approximate surface area is 255 Å². The molecule has 5 rings (SSSR count). The molecule has 0 unspecified atom stereocenters. The van der Waals surface area contributed by atoms with E-state index < -0.39 is 32.4 Å². The number of hydrogen-bond donors (Lipinski definition) is 2. The van der Waals surface area contributed by atoms with Crippen molar-refractivity contribution in [2.24, 2.45) is 12.2 Å². The van der Waals surface area contributed by atoms with Crippen molar-refractivity contribution in [3.05, 3.63) is 55.0 Å². The fourth-order valence-electron chi connectivity index (χ4n) is 5.10. The summed E-state index contributed by atoms with van der Waals surface area (Å²) in [6.07, 6.45) is 6.51. The lowest BCUT2D eigenvalue weighted by molar-refractivity contribution is -0.137. The Morgan fingerprint density at radius 2 is 1.82 bits per heavy atom. The average molecular weight is 647 g/mol. The van der Waals surface area contributed by atoms with E-state index in [1.807, 2.05) is 0 Å². The average Bonchev–Trinajstić information content (AvgIpc) is 3.44. The molecule has 0 bridgehead atoms. The molecule has 0 radical (unpaired) electrons. The first-order valence-electron chi connectivity index (χ1n) is 13.6. The van der Waals surface area contributed by atoms with Gasteiger partial charge in [-0.05, 0) is 31.7 Å². The van der Waals surface area contributed by atoms with Gasteiger partial charge < -0.3 is 10.1 Å². The number of nitrogens with zero attached hydrogens (tertiary/aromatic N) is 8. The topological polar surface area (TPSA) is 184 Å². The molecule has 18 heteroatoms. The molecule has 0 aliphatic heterocycles. The second-order valence-electron chi connectivity index (χ2n) is 10.4. The number of aromatic nitrogens is 7. The first kappa shape index (κ1) is 31.9. The second kappa shape index (κ2) is 12.8. The van der Waals surface area contributed by atoms with Crippen LogP contribution < -0.4 is 15.4 Å². The summed E-state index contributed by atoms with van der Waals surface area (Å²) in [5, 5.41) is 12.4. The minimum atomic E-state index is -4.82. The Hall–Kier alpha value is -4.55. The van der Waals surface area contributed by atoms with E-state index >= 15 is 0 Å². The largest absolute Gasteiger partial charge is 0.419 e. The summed E-state index contributed by atoms with van der Waals surface area (Å²) in [7, 11) is -1.01. The van der Waals surface area contributed by atoms with E-state index in [9.17, 15) is 26.4 Å². The number of methoxy groups -OCH3 is 1. The number of rotatable bonds is 9. The van der Waals surface area contributed by atoms with Crippen molar-refractivity contribution in [3.63, 3.8) is 0 Å². The molecule has 1 amide bonds. The zero-order valence-electron chi connectivity index (χ0n) is 24.1. The summed E-state index contributed by atoms with van der Waals surface area (Å²) < 4.78 is 71.8. The number of carbonyl (C=O) groups excluding carboxylic acids is 1. The lowest BCUT2D eigenvalue weighted by atomic mass is 9.90. The number of halogens is 3. The van der Waals surface area contributed by atoms with Crippen LogP contribution in [-0.4, -0.2) is 74.8 Å². The quantitative estimate of drug-likeness (QED) is 0.273. The molecule has 14 nitrogen and oxygen atoms in total. The van der Waals surface area contributed by atoms with Crippen molar-refractivity contribution in [1.29, 1.82) is 0 Å². The van der Waals surface area contributed by atoms with Gasteiger partial charge in [-0.1, -0.05) is 0 Å². The van der Waals surface area contributed by atoms with E-state index in [0.717, 1.165) is 24.0 Å². The number of carbonyl (C=O) groups is 1. The molecule has 0 spiro atoms. The van der Waals surface area contributed by atoms with Crippen LogP contribution in [0.25, 0.3) is 22.5 Å². The molecule has 4 heterocycles. The monoisotopic (exact) mass is 646 g/mol. The van der Waals surface area contributed by atoms with Crippen molar-refractivity contribution in [2.45, 2.75) is 48.8 Å². The van der Waals surface area contributed by atoms with E-state index in [-0.39, 0.29) is 36.1 Å². The van der Waals surface area contributed by atoms with Crippen LogP contribution >= 0.6 is 0 Å². The van der Waals surface area contributed by atoms with Crippen LogP contribution in [0.3, 0.4) is 0 Å². The molecule has 238 valence electrons. The predicted molar refractivity (Wildman–Crippen MR) is 155 cm³/mol. The third-order valence-corrected chi connectivity index (χ3v) is 8.11. The van der Waals surface area contributed by atoms with E-state index in [2.05, 4.69) is 35.3 Å². The summed E-state index contributed by atoms with van der Waals surface area (Å²) in [4.78, 5) is 34.9. The van der Waals surface area contributed by atoms with Gasteiger partial charge in [-0.2, -0.15) is 18.3 Å².